The van der Waals surface area contributed by atoms with Crippen LogP contribution in [0.3, 0.4) is 0 Å². The van der Waals surface area contributed by atoms with Crippen LogP contribution >= 0.6 is 22.7 Å². The molecule has 0 bridgehead atoms. The summed E-state index contributed by atoms with van der Waals surface area (Å²) < 4.78 is 5.47. The van der Waals surface area contributed by atoms with Crippen molar-refractivity contribution < 1.29 is 9.53 Å². The van der Waals surface area contributed by atoms with E-state index in [1.54, 1.807) is 33.9 Å². The van der Waals surface area contributed by atoms with Gasteiger partial charge in [-0.3, -0.25) is 0 Å². The maximum Gasteiger partial charge on any atom is 0.410 e. The summed E-state index contributed by atoms with van der Waals surface area (Å²) in [4.78, 5) is 29.1. The molecule has 1 aliphatic heterocycles. The normalized spacial score (nSPS) is 14.2. The number of piperazine rings is 1. The predicted molar refractivity (Wildman–Crippen MR) is 149 cm³/mol. The number of nitrogens with two attached hydrogens (primary N) is 1. The van der Waals surface area contributed by atoms with Gasteiger partial charge in [-0.05, 0) is 71.1 Å². The van der Waals surface area contributed by atoms with Crippen LogP contribution in [0.15, 0.2) is 6.33 Å². The maximum atomic E-state index is 12.2. The van der Waals surface area contributed by atoms with Crippen LogP contribution in [-0.2, 0) is 17.6 Å². The van der Waals surface area contributed by atoms with Gasteiger partial charge >= 0.3 is 6.09 Å². The first-order valence-electron chi connectivity index (χ1n) is 12.3. The number of aromatic nitrogens is 2. The van der Waals surface area contributed by atoms with E-state index < -0.39 is 5.60 Å². The Bertz CT molecular complexity index is 1170. The van der Waals surface area contributed by atoms with Crippen molar-refractivity contribution in [2.24, 2.45) is 0 Å². The summed E-state index contributed by atoms with van der Waals surface area (Å²) in [5, 5.41) is 2.14. The number of aryl methyl sites for hydroxylation is 3. The molecule has 35 heavy (non-hydrogen) atoms. The highest BCUT2D eigenvalue weighted by Crippen LogP contribution is 2.35. The predicted octanol–water partition coefficient (Wildman–Crippen LogP) is 6.13. The zero-order valence-corrected chi connectivity index (χ0v) is 24.0. The van der Waals surface area contributed by atoms with Crippen molar-refractivity contribution in [3.05, 3.63) is 32.8 Å². The Kier molecular flexibility index (Phi) is 8.64. The Balaban J connectivity index is 0.000000287. The number of carbonyl (C=O) groups excluding carboxylic acids is 1. The molecule has 7 nitrogen and oxygen atoms in total. The molecule has 0 atom stereocenters. The number of nitrogens with zero attached hydrogens (tertiary/aromatic N) is 4. The fraction of sp³-hybridized carbons (Fsp3) is 0.577. The molecule has 3 aromatic rings. The molecule has 0 unspecified atom stereocenters. The quantitative estimate of drug-likeness (QED) is 0.450. The molecule has 2 N–H and O–H groups in total. The first kappa shape index (κ1) is 27.2. The molecule has 9 heteroatoms. The lowest BCUT2D eigenvalue weighted by molar-refractivity contribution is 0.0240. The van der Waals surface area contributed by atoms with Gasteiger partial charge in [0, 0.05) is 35.9 Å². The van der Waals surface area contributed by atoms with Gasteiger partial charge < -0.3 is 20.3 Å². The van der Waals surface area contributed by atoms with Crippen molar-refractivity contribution in [2.45, 2.75) is 73.8 Å². The van der Waals surface area contributed by atoms with Crippen molar-refractivity contribution >= 4 is 49.8 Å². The van der Waals surface area contributed by atoms with Crippen LogP contribution in [0.5, 0.6) is 0 Å². The molecule has 0 radical (unpaired) electrons. The van der Waals surface area contributed by atoms with E-state index in [2.05, 4.69) is 49.5 Å². The lowest BCUT2D eigenvalue weighted by atomic mass is 10.1. The average molecular weight is 518 g/mol. The third-order valence-electron chi connectivity index (χ3n) is 6.26. The molecule has 4 heterocycles. The lowest BCUT2D eigenvalue weighted by Gasteiger charge is -2.36. The topological polar surface area (TPSA) is 84.6 Å². The van der Waals surface area contributed by atoms with Gasteiger partial charge in [0.05, 0.1) is 10.4 Å². The Morgan fingerprint density at radius 3 is 2.06 bits per heavy atom. The fourth-order valence-corrected chi connectivity index (χ4v) is 6.22. The average Bonchev–Trinajstić information content (AvgIpc) is 3.28. The SMILES string of the molecule is CCc1sc(N)c(C)c1C.CCc1sc2ncnc(N3CCN(C(=O)OC(C)(C)C)CC3)c2c1C. The first-order valence-corrected chi connectivity index (χ1v) is 13.9. The molecular formula is C26H39N5O2S2. The monoisotopic (exact) mass is 517 g/mol. The molecule has 0 saturated carbocycles. The number of amides is 1. The highest BCUT2D eigenvalue weighted by molar-refractivity contribution is 7.19. The summed E-state index contributed by atoms with van der Waals surface area (Å²) in [6.45, 7) is 19.2. The Hall–Kier alpha value is -2.39. The molecule has 0 spiro atoms. The van der Waals surface area contributed by atoms with E-state index in [-0.39, 0.29) is 6.09 Å². The number of hydrogen-bond donors (Lipinski definition) is 1. The molecular weight excluding hydrogens is 478 g/mol. The van der Waals surface area contributed by atoms with Crippen LogP contribution in [-0.4, -0.2) is 52.7 Å². The van der Waals surface area contributed by atoms with Crippen LogP contribution in [0.2, 0.25) is 0 Å². The van der Waals surface area contributed by atoms with Gasteiger partial charge in [-0.15, -0.1) is 22.7 Å². The smallest absolute Gasteiger partial charge is 0.410 e. The third-order valence-corrected chi connectivity index (χ3v) is 8.97. The number of carbonyl (C=O) groups is 1. The van der Waals surface area contributed by atoms with E-state index in [9.17, 15) is 4.79 Å². The summed E-state index contributed by atoms with van der Waals surface area (Å²) in [6, 6.07) is 0. The Morgan fingerprint density at radius 1 is 0.971 bits per heavy atom. The van der Waals surface area contributed by atoms with Gasteiger partial charge in [0.1, 0.15) is 22.6 Å². The minimum atomic E-state index is -0.461. The van der Waals surface area contributed by atoms with Gasteiger partial charge in [0.25, 0.3) is 0 Å². The van der Waals surface area contributed by atoms with Gasteiger partial charge in [-0.25, -0.2) is 14.8 Å². The van der Waals surface area contributed by atoms with Crippen molar-refractivity contribution in [1.29, 1.82) is 0 Å². The zero-order chi connectivity index (χ0) is 25.9. The minimum absolute atomic E-state index is 0.236. The van der Waals surface area contributed by atoms with Crippen molar-refractivity contribution in [3.63, 3.8) is 0 Å². The summed E-state index contributed by atoms with van der Waals surface area (Å²) in [7, 11) is 0. The summed E-state index contributed by atoms with van der Waals surface area (Å²) in [5.41, 5.74) is 9.20. The van der Waals surface area contributed by atoms with Crippen molar-refractivity contribution in [3.8, 4) is 0 Å². The van der Waals surface area contributed by atoms with Crippen molar-refractivity contribution in [2.75, 3.05) is 36.8 Å². The summed E-state index contributed by atoms with van der Waals surface area (Å²) >= 11 is 3.47. The van der Waals surface area contributed by atoms with Gasteiger partial charge in [-0.1, -0.05) is 13.8 Å². The number of nitrogen functional groups attached to an aromatic ring is 1. The number of hydrogen-bond acceptors (Lipinski definition) is 8. The van der Waals surface area contributed by atoms with E-state index in [0.717, 1.165) is 47.0 Å². The first-order chi connectivity index (χ1) is 16.5. The molecule has 192 valence electrons. The number of rotatable bonds is 3. The van der Waals surface area contributed by atoms with Crippen LogP contribution in [0.25, 0.3) is 10.2 Å². The van der Waals surface area contributed by atoms with E-state index in [0.29, 0.717) is 13.1 Å². The lowest BCUT2D eigenvalue weighted by Crippen LogP contribution is -2.50. The van der Waals surface area contributed by atoms with Gasteiger partial charge in [0.2, 0.25) is 0 Å². The van der Waals surface area contributed by atoms with E-state index in [4.69, 9.17) is 10.5 Å². The molecule has 0 aromatic carbocycles. The zero-order valence-electron chi connectivity index (χ0n) is 22.3. The van der Waals surface area contributed by atoms with Crippen LogP contribution < -0.4 is 10.6 Å². The second-order valence-electron chi connectivity index (χ2n) is 9.83. The maximum absolute atomic E-state index is 12.2. The molecule has 4 rings (SSSR count). The molecule has 1 fully saturated rings. The number of fused-ring (bicyclic) bond motifs is 1. The van der Waals surface area contributed by atoms with E-state index in [1.807, 2.05) is 20.8 Å². The second-order valence-corrected chi connectivity index (χ2v) is 12.0. The van der Waals surface area contributed by atoms with Crippen LogP contribution in [0, 0.1) is 20.8 Å². The molecule has 1 saturated heterocycles. The standard InChI is InChI=1S/C18H26N4O2S.C8H13NS/c1-6-13-12(2)14-15(19-11-20-16(14)25-13)21-7-9-22(10-8-21)17(23)24-18(3,4)5;1-4-7-5(2)6(3)8(9)10-7/h11H,6-10H2,1-5H3;4,9H2,1-3H3. The van der Waals surface area contributed by atoms with Crippen molar-refractivity contribution in [1.82, 2.24) is 14.9 Å². The molecule has 3 aromatic heterocycles. The Morgan fingerprint density at radius 2 is 1.57 bits per heavy atom. The third kappa shape index (κ3) is 6.25. The van der Waals surface area contributed by atoms with Gasteiger partial charge in [0.15, 0.2) is 0 Å². The minimum Gasteiger partial charge on any atom is -0.444 e. The van der Waals surface area contributed by atoms with E-state index in [1.165, 1.54) is 26.4 Å². The summed E-state index contributed by atoms with van der Waals surface area (Å²) in [6.07, 6.45) is 3.53. The van der Waals surface area contributed by atoms with Crippen LogP contribution in [0.4, 0.5) is 15.6 Å². The number of anilines is 2. The summed E-state index contributed by atoms with van der Waals surface area (Å²) in [5.74, 6) is 0.988. The number of ether oxygens (including phenoxy) is 1. The number of thiophene rings is 2. The second kappa shape index (κ2) is 11.1. The highest BCUT2D eigenvalue weighted by Gasteiger charge is 2.27. The molecule has 0 aliphatic carbocycles. The molecule has 1 aliphatic rings. The fourth-order valence-electron chi connectivity index (χ4n) is 4.12. The Labute approximate surface area is 217 Å². The highest BCUT2D eigenvalue weighted by atomic mass is 32.1. The molecule has 1 amide bonds. The van der Waals surface area contributed by atoms with Crippen LogP contribution in [0.1, 0.15) is 61.1 Å². The van der Waals surface area contributed by atoms with Gasteiger partial charge in [-0.2, -0.15) is 0 Å². The largest absolute Gasteiger partial charge is 0.444 e. The van der Waals surface area contributed by atoms with E-state index >= 15 is 0 Å².